The van der Waals surface area contributed by atoms with E-state index in [1.807, 2.05) is 0 Å². The molecule has 53 heavy (non-hydrogen) atoms. The van der Waals surface area contributed by atoms with Gasteiger partial charge in [0, 0.05) is 48.1 Å². The van der Waals surface area contributed by atoms with Gasteiger partial charge in [0.25, 0.3) is 0 Å². The fourth-order valence-corrected chi connectivity index (χ4v) is 6.72. The molecule has 2 aliphatic carbocycles. The minimum absolute atomic E-state index is 0.0173. The maximum absolute atomic E-state index is 13.6. The molecule has 1 heterocycles. The predicted octanol–water partition coefficient (Wildman–Crippen LogP) is 1.50. The fourth-order valence-electron chi connectivity index (χ4n) is 6.72. The molecule has 1 saturated heterocycles. The van der Waals surface area contributed by atoms with E-state index in [4.69, 9.17) is 29.8 Å². The van der Waals surface area contributed by atoms with Crippen LogP contribution in [0.2, 0.25) is 0 Å². The van der Waals surface area contributed by atoms with Gasteiger partial charge in [0.05, 0.1) is 49.2 Å². The van der Waals surface area contributed by atoms with Gasteiger partial charge in [-0.2, -0.15) is 0 Å². The first kappa shape index (κ1) is 38.9. The molecule has 0 amide bonds. The van der Waals surface area contributed by atoms with Crippen molar-refractivity contribution in [3.05, 3.63) is 81.4 Å². The van der Waals surface area contributed by atoms with Crippen LogP contribution in [0, 0.1) is 0 Å². The van der Waals surface area contributed by atoms with E-state index in [0.717, 1.165) is 6.08 Å². The largest absolute Gasteiger partial charge is 0.507 e. The third kappa shape index (κ3) is 7.33. The Labute approximate surface area is 302 Å². The third-order valence-corrected chi connectivity index (χ3v) is 9.43. The molecule has 0 saturated carbocycles. The summed E-state index contributed by atoms with van der Waals surface area (Å²) in [6.45, 7) is 0.560. The number of benzene rings is 3. The molecule has 9 N–H and O–H groups in total. The van der Waals surface area contributed by atoms with Crippen molar-refractivity contribution in [2.24, 2.45) is 5.73 Å². The van der Waals surface area contributed by atoms with E-state index >= 15 is 0 Å². The molecule has 0 bridgehead atoms. The fraction of sp³-hybridized carbons (Fsp3) is 0.351. The lowest BCUT2D eigenvalue weighted by Crippen LogP contribution is -2.53. The summed E-state index contributed by atoms with van der Waals surface area (Å²) in [5, 5.41) is 71.3. The van der Waals surface area contributed by atoms with Crippen LogP contribution in [0.4, 0.5) is 0 Å². The van der Waals surface area contributed by atoms with Gasteiger partial charge in [-0.05, 0) is 36.8 Å². The average molecular weight is 738 g/mol. The van der Waals surface area contributed by atoms with Crippen LogP contribution in [-0.4, -0.2) is 110 Å². The molecule has 3 aromatic rings. The molecule has 6 rings (SSSR count). The summed E-state index contributed by atoms with van der Waals surface area (Å²) in [5.74, 6) is -4.45. The summed E-state index contributed by atoms with van der Waals surface area (Å²) < 4.78 is 21.9. The minimum Gasteiger partial charge on any atom is -0.507 e. The Morgan fingerprint density at radius 1 is 1.00 bits per heavy atom. The summed E-state index contributed by atoms with van der Waals surface area (Å²) in [7, 11) is 2.75. The molecule has 1 fully saturated rings. The molecule has 16 nitrogen and oxygen atoms in total. The standard InChI is InChI=1S/C27H29NO11.C10H10O4/c1-10-22(31)13(28)6-17(38-10)39-15-8-27(36,16(30)9-29)7-12-19(15)26(35)21-20(24(12)33)23(32)11-4-3-5-14(37-2)18(11)25(21)34;1-14-9-6-7(2-4-8(9)11)3-5-10(12)13/h3-5,10,13,15,17,22,29,31,33,35-36H,6-9,28H2,1-2H3;2-6,11H,1H3,(H,12,13)/b;5-3+/t10?,13?,15-,17?,22?,27-;/m0./s1. The number of aliphatic carboxylic acids is 1. The Morgan fingerprint density at radius 3 is 2.30 bits per heavy atom. The number of hydrogen-bond acceptors (Lipinski definition) is 15. The maximum atomic E-state index is 13.6. The van der Waals surface area contributed by atoms with Gasteiger partial charge < -0.3 is 60.4 Å². The average Bonchev–Trinajstić information content (AvgIpc) is 3.13. The molecule has 0 spiro atoms. The highest BCUT2D eigenvalue weighted by molar-refractivity contribution is 6.31. The SMILES string of the molecule is COc1cc(/C=C/C(=O)O)ccc1O.COc1cccc2c1C(=O)c1c(O)c3c(c(O)c1C2=O)C[C@@](O)(C(=O)CO)C[C@@H]3OC1CC(N)C(O)C(C)O1. The number of fused-ring (bicyclic) bond motifs is 3. The van der Waals surface area contributed by atoms with Crippen molar-refractivity contribution in [2.45, 2.75) is 62.4 Å². The number of methoxy groups -OCH3 is 2. The highest BCUT2D eigenvalue weighted by atomic mass is 16.7. The van der Waals surface area contributed by atoms with Crippen molar-refractivity contribution in [1.29, 1.82) is 0 Å². The summed E-state index contributed by atoms with van der Waals surface area (Å²) >= 11 is 0. The number of carbonyl (C=O) groups is 4. The number of ether oxygens (including phenoxy) is 4. The summed E-state index contributed by atoms with van der Waals surface area (Å²) in [4.78, 5) is 50.0. The van der Waals surface area contributed by atoms with E-state index < -0.39 is 102 Å². The van der Waals surface area contributed by atoms with Gasteiger partial charge >= 0.3 is 5.97 Å². The lowest BCUT2D eigenvalue weighted by molar-refractivity contribution is -0.247. The number of phenols is 3. The van der Waals surface area contributed by atoms with Gasteiger partial charge in [-0.15, -0.1) is 0 Å². The number of nitrogens with two attached hydrogens (primary N) is 1. The van der Waals surface area contributed by atoms with Crippen molar-refractivity contribution in [2.75, 3.05) is 20.8 Å². The number of carbonyl (C=O) groups excluding carboxylic acids is 3. The molecule has 4 unspecified atom stereocenters. The van der Waals surface area contributed by atoms with Crippen molar-refractivity contribution >= 4 is 29.4 Å². The quantitative estimate of drug-likeness (QED) is 0.0940. The van der Waals surface area contributed by atoms with E-state index in [1.165, 1.54) is 44.6 Å². The number of rotatable bonds is 8. The number of Topliss-reactive ketones (excluding diaryl/α,β-unsaturated/α-hetero) is 1. The van der Waals surface area contributed by atoms with Gasteiger partial charge in [0.2, 0.25) is 5.78 Å². The first-order valence-electron chi connectivity index (χ1n) is 16.3. The number of aliphatic hydroxyl groups is 3. The van der Waals surface area contributed by atoms with Crippen LogP contribution >= 0.6 is 0 Å². The second-order valence-electron chi connectivity index (χ2n) is 12.8. The van der Waals surface area contributed by atoms with Crippen LogP contribution in [0.25, 0.3) is 6.08 Å². The van der Waals surface area contributed by atoms with Crippen molar-refractivity contribution in [1.82, 2.24) is 0 Å². The molecule has 3 aromatic carbocycles. The lowest BCUT2D eigenvalue weighted by Gasteiger charge is -2.42. The molecule has 282 valence electrons. The normalized spacial score (nSPS) is 24.7. The number of hydrogen-bond donors (Lipinski definition) is 8. The predicted molar refractivity (Wildman–Crippen MR) is 183 cm³/mol. The molecular weight excluding hydrogens is 698 g/mol. The lowest BCUT2D eigenvalue weighted by atomic mass is 9.72. The molecule has 0 radical (unpaired) electrons. The van der Waals surface area contributed by atoms with Gasteiger partial charge in [0.15, 0.2) is 29.4 Å². The first-order chi connectivity index (χ1) is 25.1. The van der Waals surface area contributed by atoms with E-state index in [-0.39, 0.29) is 40.2 Å². The first-order valence-corrected chi connectivity index (χ1v) is 16.3. The third-order valence-electron chi connectivity index (χ3n) is 9.43. The highest BCUT2D eigenvalue weighted by Gasteiger charge is 2.50. The second-order valence-corrected chi connectivity index (χ2v) is 12.8. The van der Waals surface area contributed by atoms with Gasteiger partial charge in [-0.25, -0.2) is 4.79 Å². The number of phenolic OH excluding ortho intramolecular Hbond substituents is 3. The smallest absolute Gasteiger partial charge is 0.328 e. The molecule has 6 atom stereocenters. The van der Waals surface area contributed by atoms with Crippen LogP contribution in [0.1, 0.15) is 74.4 Å². The minimum atomic E-state index is -2.24. The topological polar surface area (TPSA) is 273 Å². The van der Waals surface area contributed by atoms with Crippen LogP contribution in [-0.2, 0) is 25.5 Å². The zero-order chi connectivity index (χ0) is 38.9. The number of aliphatic hydroxyl groups excluding tert-OH is 2. The number of aromatic hydroxyl groups is 3. The van der Waals surface area contributed by atoms with Gasteiger partial charge in [-0.1, -0.05) is 18.2 Å². The van der Waals surface area contributed by atoms with Crippen LogP contribution < -0.4 is 15.2 Å². The van der Waals surface area contributed by atoms with E-state index in [2.05, 4.69) is 0 Å². The van der Waals surface area contributed by atoms with Crippen molar-refractivity contribution in [3.63, 3.8) is 0 Å². The molecular formula is C37H39NO15. The zero-order valence-electron chi connectivity index (χ0n) is 28.8. The monoisotopic (exact) mass is 737 g/mol. The molecule has 3 aliphatic rings. The van der Waals surface area contributed by atoms with Crippen LogP contribution in [0.5, 0.6) is 28.7 Å². The van der Waals surface area contributed by atoms with Gasteiger partial charge in [0.1, 0.15) is 29.5 Å². The Bertz CT molecular complexity index is 1980. The van der Waals surface area contributed by atoms with Crippen LogP contribution in [0.3, 0.4) is 0 Å². The molecule has 0 aromatic heterocycles. The van der Waals surface area contributed by atoms with Crippen molar-refractivity contribution < 1.29 is 73.9 Å². The summed E-state index contributed by atoms with van der Waals surface area (Å²) in [6, 6.07) is 8.22. The van der Waals surface area contributed by atoms with Crippen molar-refractivity contribution in [3.8, 4) is 28.7 Å². The maximum Gasteiger partial charge on any atom is 0.328 e. The van der Waals surface area contributed by atoms with E-state index in [0.29, 0.717) is 11.3 Å². The Kier molecular flexibility index (Phi) is 11.2. The number of ketones is 3. The Balaban J connectivity index is 0.000000326. The second kappa shape index (κ2) is 15.3. The zero-order valence-corrected chi connectivity index (χ0v) is 28.8. The summed E-state index contributed by atoms with van der Waals surface area (Å²) in [6.07, 6.45) is -2.68. The van der Waals surface area contributed by atoms with Gasteiger partial charge in [-0.3, -0.25) is 14.4 Å². The molecule has 16 heteroatoms. The molecule has 1 aliphatic heterocycles. The van der Waals surface area contributed by atoms with E-state index in [9.17, 15) is 49.8 Å². The Hall–Kier alpha value is -5.36. The van der Waals surface area contributed by atoms with Crippen LogP contribution in [0.15, 0.2) is 42.5 Å². The summed E-state index contributed by atoms with van der Waals surface area (Å²) in [5.41, 5.74) is 3.03. The van der Waals surface area contributed by atoms with E-state index in [1.54, 1.807) is 19.1 Å². The number of carboxylic acid groups (broad SMARTS) is 1. The highest BCUT2D eigenvalue weighted by Crippen LogP contribution is 2.52. The number of carboxylic acids is 1. The Morgan fingerprint density at radius 2 is 1.68 bits per heavy atom.